The Hall–Kier alpha value is -1.24. The first-order valence-electron chi connectivity index (χ1n) is 5.78. The Morgan fingerprint density at radius 2 is 2.00 bits per heavy atom. The zero-order chi connectivity index (χ0) is 13.8. The molecular formula is C13H13BrN2O2S. The standard InChI is InChI=1S/C13H13BrN2O2S/c1-9(12-6-7-13(14)19-12)15-8-10-2-4-11(5-3-10)16(17)18/h2-7,9,15H,8H2,1H3. The fourth-order valence-corrected chi connectivity index (χ4v) is 3.12. The number of nitro benzene ring substituents is 1. The third kappa shape index (κ3) is 3.86. The Morgan fingerprint density at radius 1 is 1.32 bits per heavy atom. The monoisotopic (exact) mass is 340 g/mol. The van der Waals surface area contributed by atoms with Crippen LogP contribution in [0.15, 0.2) is 40.2 Å². The van der Waals surface area contributed by atoms with Gasteiger partial charge in [-0.05, 0) is 40.5 Å². The SMILES string of the molecule is CC(NCc1ccc([N+](=O)[O-])cc1)c1ccc(Br)s1. The molecule has 1 atom stereocenters. The minimum absolute atomic E-state index is 0.124. The topological polar surface area (TPSA) is 55.2 Å². The Kier molecular flexibility index (Phi) is 4.68. The minimum Gasteiger partial charge on any atom is -0.305 e. The van der Waals surface area contributed by atoms with Crippen molar-refractivity contribution in [3.05, 3.63) is 60.7 Å². The van der Waals surface area contributed by atoms with E-state index in [1.807, 2.05) is 6.07 Å². The molecule has 0 saturated heterocycles. The smallest absolute Gasteiger partial charge is 0.269 e. The molecule has 0 spiro atoms. The Bertz CT molecular complexity index is 568. The Morgan fingerprint density at radius 3 is 2.53 bits per heavy atom. The van der Waals surface area contributed by atoms with E-state index in [4.69, 9.17) is 0 Å². The van der Waals surface area contributed by atoms with Gasteiger partial charge < -0.3 is 5.32 Å². The summed E-state index contributed by atoms with van der Waals surface area (Å²) in [5.41, 5.74) is 1.16. The van der Waals surface area contributed by atoms with Crippen molar-refractivity contribution in [3.63, 3.8) is 0 Å². The molecule has 19 heavy (non-hydrogen) atoms. The number of hydrogen-bond donors (Lipinski definition) is 1. The van der Waals surface area contributed by atoms with Crippen molar-refractivity contribution in [2.24, 2.45) is 0 Å². The molecule has 0 amide bonds. The lowest BCUT2D eigenvalue weighted by Crippen LogP contribution is -2.17. The maximum Gasteiger partial charge on any atom is 0.269 e. The van der Waals surface area contributed by atoms with E-state index in [2.05, 4.69) is 34.2 Å². The predicted octanol–water partition coefficient (Wildman–Crippen LogP) is 4.27. The van der Waals surface area contributed by atoms with Gasteiger partial charge in [-0.2, -0.15) is 0 Å². The van der Waals surface area contributed by atoms with Gasteiger partial charge in [-0.3, -0.25) is 10.1 Å². The third-order valence-corrected chi connectivity index (χ3v) is 4.59. The van der Waals surface area contributed by atoms with Gasteiger partial charge in [0.05, 0.1) is 8.71 Å². The number of nitrogens with zero attached hydrogens (tertiary/aromatic N) is 1. The van der Waals surface area contributed by atoms with Crippen LogP contribution in [0.3, 0.4) is 0 Å². The molecule has 4 nitrogen and oxygen atoms in total. The highest BCUT2D eigenvalue weighted by molar-refractivity contribution is 9.11. The largest absolute Gasteiger partial charge is 0.305 e. The molecule has 0 aliphatic heterocycles. The fraction of sp³-hybridized carbons (Fsp3) is 0.231. The molecule has 0 fully saturated rings. The normalized spacial score (nSPS) is 12.3. The van der Waals surface area contributed by atoms with Crippen LogP contribution >= 0.6 is 27.3 Å². The molecule has 0 radical (unpaired) electrons. The van der Waals surface area contributed by atoms with Gasteiger partial charge in [0.1, 0.15) is 0 Å². The molecule has 2 rings (SSSR count). The van der Waals surface area contributed by atoms with Crippen molar-refractivity contribution in [1.82, 2.24) is 5.32 Å². The highest BCUT2D eigenvalue weighted by Crippen LogP contribution is 2.27. The van der Waals surface area contributed by atoms with Crippen LogP contribution in [0.4, 0.5) is 5.69 Å². The number of halogens is 1. The summed E-state index contributed by atoms with van der Waals surface area (Å²) in [7, 11) is 0. The summed E-state index contributed by atoms with van der Waals surface area (Å²) in [4.78, 5) is 11.4. The second kappa shape index (κ2) is 6.27. The number of rotatable bonds is 5. The molecule has 6 heteroatoms. The quantitative estimate of drug-likeness (QED) is 0.653. The van der Waals surface area contributed by atoms with Crippen molar-refractivity contribution in [2.75, 3.05) is 0 Å². The van der Waals surface area contributed by atoms with Crippen molar-refractivity contribution in [1.29, 1.82) is 0 Å². The average molecular weight is 341 g/mol. The molecular weight excluding hydrogens is 328 g/mol. The summed E-state index contributed by atoms with van der Waals surface area (Å²) in [6.45, 7) is 2.79. The van der Waals surface area contributed by atoms with Crippen LogP contribution < -0.4 is 5.32 Å². The van der Waals surface area contributed by atoms with Crippen LogP contribution in [0, 0.1) is 10.1 Å². The molecule has 1 aromatic carbocycles. The number of thiophene rings is 1. The molecule has 1 heterocycles. The zero-order valence-corrected chi connectivity index (χ0v) is 12.7. The van der Waals surface area contributed by atoms with Crippen LogP contribution in [-0.4, -0.2) is 4.92 Å². The van der Waals surface area contributed by atoms with Crippen LogP contribution in [0.25, 0.3) is 0 Å². The highest BCUT2D eigenvalue weighted by atomic mass is 79.9. The molecule has 100 valence electrons. The van der Waals surface area contributed by atoms with Gasteiger partial charge in [-0.25, -0.2) is 0 Å². The zero-order valence-electron chi connectivity index (χ0n) is 10.3. The lowest BCUT2D eigenvalue weighted by atomic mass is 10.2. The molecule has 1 N–H and O–H groups in total. The fourth-order valence-electron chi connectivity index (χ4n) is 1.67. The van der Waals surface area contributed by atoms with Gasteiger partial charge in [0.2, 0.25) is 0 Å². The first kappa shape index (κ1) is 14.2. The van der Waals surface area contributed by atoms with Gasteiger partial charge >= 0.3 is 0 Å². The summed E-state index contributed by atoms with van der Waals surface area (Å²) in [6.07, 6.45) is 0. The maximum absolute atomic E-state index is 10.6. The van der Waals surface area contributed by atoms with E-state index < -0.39 is 0 Å². The summed E-state index contributed by atoms with van der Waals surface area (Å²) in [5, 5.41) is 13.9. The maximum atomic E-state index is 10.6. The predicted molar refractivity (Wildman–Crippen MR) is 80.4 cm³/mol. The first-order valence-corrected chi connectivity index (χ1v) is 7.39. The van der Waals surface area contributed by atoms with Gasteiger partial charge in [-0.15, -0.1) is 11.3 Å². The van der Waals surface area contributed by atoms with E-state index in [1.165, 1.54) is 17.0 Å². The van der Waals surface area contributed by atoms with E-state index in [0.29, 0.717) is 6.54 Å². The minimum atomic E-state index is -0.386. The van der Waals surface area contributed by atoms with Crippen molar-refractivity contribution >= 4 is 33.0 Å². The summed E-state index contributed by atoms with van der Waals surface area (Å²) < 4.78 is 1.12. The van der Waals surface area contributed by atoms with Gasteiger partial charge in [0, 0.05) is 29.6 Å². The van der Waals surface area contributed by atoms with Crippen LogP contribution in [0.1, 0.15) is 23.4 Å². The van der Waals surface area contributed by atoms with Crippen molar-refractivity contribution < 1.29 is 4.92 Å². The highest BCUT2D eigenvalue weighted by Gasteiger charge is 2.08. The average Bonchev–Trinajstić information content (AvgIpc) is 2.83. The van der Waals surface area contributed by atoms with Crippen LogP contribution in [-0.2, 0) is 6.54 Å². The molecule has 0 bridgehead atoms. The van der Waals surface area contributed by atoms with E-state index in [9.17, 15) is 10.1 Å². The van der Waals surface area contributed by atoms with Crippen molar-refractivity contribution in [3.8, 4) is 0 Å². The number of nitro groups is 1. The summed E-state index contributed by atoms with van der Waals surface area (Å²) in [6, 6.07) is 11.0. The van der Waals surface area contributed by atoms with Gasteiger partial charge in [0.15, 0.2) is 0 Å². The van der Waals surface area contributed by atoms with Crippen LogP contribution in [0.2, 0.25) is 0 Å². The van der Waals surface area contributed by atoms with Gasteiger partial charge in [0.25, 0.3) is 5.69 Å². The third-order valence-electron chi connectivity index (χ3n) is 2.78. The van der Waals surface area contributed by atoms with Gasteiger partial charge in [-0.1, -0.05) is 12.1 Å². The van der Waals surface area contributed by atoms with E-state index in [-0.39, 0.29) is 16.7 Å². The molecule has 0 aliphatic rings. The second-order valence-electron chi connectivity index (χ2n) is 4.17. The molecule has 0 aliphatic carbocycles. The van der Waals surface area contributed by atoms with Crippen molar-refractivity contribution in [2.45, 2.75) is 19.5 Å². The molecule has 0 saturated carbocycles. The summed E-state index contributed by atoms with van der Waals surface area (Å²) >= 11 is 5.15. The van der Waals surface area contributed by atoms with E-state index in [0.717, 1.165) is 9.35 Å². The number of non-ortho nitro benzene ring substituents is 1. The lowest BCUT2D eigenvalue weighted by molar-refractivity contribution is -0.384. The first-order chi connectivity index (χ1) is 9.06. The number of hydrogen-bond acceptors (Lipinski definition) is 4. The lowest BCUT2D eigenvalue weighted by Gasteiger charge is -2.11. The number of nitrogens with one attached hydrogen (secondary N) is 1. The molecule has 1 unspecified atom stereocenters. The van der Waals surface area contributed by atoms with E-state index in [1.54, 1.807) is 23.5 Å². The summed E-state index contributed by atoms with van der Waals surface area (Å²) in [5.74, 6) is 0. The second-order valence-corrected chi connectivity index (χ2v) is 6.66. The van der Waals surface area contributed by atoms with Crippen LogP contribution in [0.5, 0.6) is 0 Å². The Labute approximate surface area is 123 Å². The molecule has 1 aromatic heterocycles. The number of benzene rings is 1. The molecule has 2 aromatic rings. The Balaban J connectivity index is 1.93. The van der Waals surface area contributed by atoms with E-state index >= 15 is 0 Å².